The molecule has 1 fully saturated rings. The van der Waals surface area contributed by atoms with Gasteiger partial charge >= 0.3 is 0 Å². The molecule has 154 valence electrons. The molecule has 0 spiro atoms. The highest BCUT2D eigenvalue weighted by atomic mass is 16.5. The number of anilines is 1. The van der Waals surface area contributed by atoms with Crippen molar-refractivity contribution in [2.24, 2.45) is 0 Å². The molecule has 0 radical (unpaired) electrons. The maximum absolute atomic E-state index is 12.8. The summed E-state index contributed by atoms with van der Waals surface area (Å²) in [4.78, 5) is 26.5. The number of benzene rings is 2. The molecule has 2 aromatic carbocycles. The minimum Gasteiger partial charge on any atom is -0.490 e. The summed E-state index contributed by atoms with van der Waals surface area (Å²) >= 11 is 0. The van der Waals surface area contributed by atoms with E-state index < -0.39 is 0 Å². The molecule has 2 aromatic rings. The van der Waals surface area contributed by atoms with Crippen molar-refractivity contribution in [2.45, 2.75) is 39.7 Å². The molecule has 0 aromatic heterocycles. The summed E-state index contributed by atoms with van der Waals surface area (Å²) in [5, 5.41) is 3.02. The molecule has 2 amide bonds. The molecule has 3 rings (SSSR count). The molecule has 1 aliphatic rings. The summed E-state index contributed by atoms with van der Waals surface area (Å²) < 4.78 is 11.3. The van der Waals surface area contributed by atoms with Crippen molar-refractivity contribution in [2.75, 3.05) is 24.7 Å². The lowest BCUT2D eigenvalue weighted by Crippen LogP contribution is -2.28. The Balaban J connectivity index is 1.73. The first-order chi connectivity index (χ1) is 14.0. The highest BCUT2D eigenvalue weighted by molar-refractivity contribution is 5.99. The fourth-order valence-corrected chi connectivity index (χ4v) is 3.44. The Labute approximate surface area is 171 Å². The Kier molecular flexibility index (Phi) is 6.75. The minimum absolute atomic E-state index is 0.105. The summed E-state index contributed by atoms with van der Waals surface area (Å²) in [5.74, 6) is 1.29. The zero-order valence-corrected chi connectivity index (χ0v) is 17.2. The largest absolute Gasteiger partial charge is 0.490 e. The second kappa shape index (κ2) is 9.45. The van der Waals surface area contributed by atoms with Gasteiger partial charge in [-0.3, -0.25) is 9.59 Å². The average molecular weight is 396 g/mol. The SMILES string of the molecule is CCOc1ccc(C(C)NC(=O)c2cccc(N3CCCC3=O)c2)cc1OCC. The molecule has 1 heterocycles. The monoisotopic (exact) mass is 396 g/mol. The number of hydrogen-bond donors (Lipinski definition) is 1. The van der Waals surface area contributed by atoms with Crippen LogP contribution in [0.25, 0.3) is 0 Å². The van der Waals surface area contributed by atoms with Crippen molar-refractivity contribution < 1.29 is 19.1 Å². The van der Waals surface area contributed by atoms with Crippen molar-refractivity contribution in [3.05, 3.63) is 53.6 Å². The molecular weight excluding hydrogens is 368 g/mol. The Morgan fingerprint density at radius 2 is 1.86 bits per heavy atom. The fraction of sp³-hybridized carbons (Fsp3) is 0.391. The van der Waals surface area contributed by atoms with Crippen molar-refractivity contribution in [1.29, 1.82) is 0 Å². The molecule has 1 saturated heterocycles. The van der Waals surface area contributed by atoms with Gasteiger partial charge in [0, 0.05) is 24.2 Å². The maximum Gasteiger partial charge on any atom is 0.251 e. The van der Waals surface area contributed by atoms with E-state index in [0.29, 0.717) is 43.2 Å². The molecule has 6 nitrogen and oxygen atoms in total. The quantitative estimate of drug-likeness (QED) is 0.729. The number of nitrogens with one attached hydrogen (secondary N) is 1. The van der Waals surface area contributed by atoms with Crippen molar-refractivity contribution in [3.8, 4) is 11.5 Å². The lowest BCUT2D eigenvalue weighted by Gasteiger charge is -2.19. The molecule has 0 saturated carbocycles. The van der Waals surface area contributed by atoms with Crippen molar-refractivity contribution >= 4 is 17.5 Å². The molecule has 1 unspecified atom stereocenters. The standard InChI is InChI=1S/C23H28N2O4/c1-4-28-20-12-11-17(15-21(20)29-5-2)16(3)24-23(27)18-8-6-9-19(14-18)25-13-7-10-22(25)26/h6,8-9,11-12,14-16H,4-5,7,10,13H2,1-3H3,(H,24,27). The van der Waals surface area contributed by atoms with Gasteiger partial charge in [0.05, 0.1) is 19.3 Å². The van der Waals surface area contributed by atoms with Crippen LogP contribution in [0, 0.1) is 0 Å². The van der Waals surface area contributed by atoms with Crippen LogP contribution in [0.1, 0.15) is 55.6 Å². The van der Waals surface area contributed by atoms with Gasteiger partial charge in [0.1, 0.15) is 0 Å². The van der Waals surface area contributed by atoms with E-state index in [1.165, 1.54) is 0 Å². The summed E-state index contributed by atoms with van der Waals surface area (Å²) in [6.45, 7) is 7.57. The Morgan fingerprint density at radius 1 is 1.10 bits per heavy atom. The third-order valence-corrected chi connectivity index (χ3v) is 4.91. The van der Waals surface area contributed by atoms with Crippen LogP contribution in [0.2, 0.25) is 0 Å². The summed E-state index contributed by atoms with van der Waals surface area (Å²) in [6.07, 6.45) is 1.42. The van der Waals surface area contributed by atoms with Gasteiger partial charge in [-0.05, 0) is 63.1 Å². The first-order valence-corrected chi connectivity index (χ1v) is 10.1. The van der Waals surface area contributed by atoms with Crippen LogP contribution in [-0.4, -0.2) is 31.6 Å². The van der Waals surface area contributed by atoms with Gasteiger partial charge in [-0.25, -0.2) is 0 Å². The Hall–Kier alpha value is -3.02. The molecule has 0 aliphatic carbocycles. The lowest BCUT2D eigenvalue weighted by atomic mass is 10.1. The van der Waals surface area contributed by atoms with Gasteiger partial charge in [-0.2, -0.15) is 0 Å². The van der Waals surface area contributed by atoms with E-state index in [-0.39, 0.29) is 17.9 Å². The first kappa shape index (κ1) is 20.7. The van der Waals surface area contributed by atoms with Gasteiger partial charge in [0.2, 0.25) is 5.91 Å². The Morgan fingerprint density at radius 3 is 2.55 bits per heavy atom. The van der Waals surface area contributed by atoms with E-state index in [4.69, 9.17) is 9.47 Å². The van der Waals surface area contributed by atoms with Crippen LogP contribution in [-0.2, 0) is 4.79 Å². The molecule has 29 heavy (non-hydrogen) atoms. The first-order valence-electron chi connectivity index (χ1n) is 10.1. The normalized spacial score (nSPS) is 14.6. The zero-order chi connectivity index (χ0) is 20.8. The highest BCUT2D eigenvalue weighted by Crippen LogP contribution is 2.31. The Bertz CT molecular complexity index is 881. The summed E-state index contributed by atoms with van der Waals surface area (Å²) in [5.41, 5.74) is 2.23. The average Bonchev–Trinajstić information content (AvgIpc) is 3.15. The number of ether oxygens (including phenoxy) is 2. The number of nitrogens with zero attached hydrogens (tertiary/aromatic N) is 1. The van der Waals surface area contributed by atoms with E-state index >= 15 is 0 Å². The molecule has 1 N–H and O–H groups in total. The molecule has 0 bridgehead atoms. The van der Waals surface area contributed by atoms with E-state index in [9.17, 15) is 9.59 Å². The summed E-state index contributed by atoms with van der Waals surface area (Å²) in [6, 6.07) is 12.7. The predicted octanol–water partition coefficient (Wildman–Crippen LogP) is 4.10. The highest BCUT2D eigenvalue weighted by Gasteiger charge is 2.22. The number of amides is 2. The van der Waals surface area contributed by atoms with Gasteiger partial charge in [0.25, 0.3) is 5.91 Å². The molecular formula is C23H28N2O4. The summed E-state index contributed by atoms with van der Waals surface area (Å²) in [7, 11) is 0. The van der Waals surface area contributed by atoms with Crippen LogP contribution in [0.15, 0.2) is 42.5 Å². The predicted molar refractivity (Wildman–Crippen MR) is 113 cm³/mol. The second-order valence-corrected chi connectivity index (χ2v) is 6.97. The van der Waals surface area contributed by atoms with Crippen LogP contribution in [0.4, 0.5) is 5.69 Å². The van der Waals surface area contributed by atoms with E-state index in [2.05, 4.69) is 5.32 Å². The molecule has 1 atom stereocenters. The van der Waals surface area contributed by atoms with E-state index in [0.717, 1.165) is 17.7 Å². The van der Waals surface area contributed by atoms with E-state index in [1.54, 1.807) is 17.0 Å². The topological polar surface area (TPSA) is 67.9 Å². The molecule has 1 aliphatic heterocycles. The minimum atomic E-state index is -0.213. The number of hydrogen-bond acceptors (Lipinski definition) is 4. The smallest absolute Gasteiger partial charge is 0.251 e. The van der Waals surface area contributed by atoms with Crippen molar-refractivity contribution in [3.63, 3.8) is 0 Å². The third-order valence-electron chi connectivity index (χ3n) is 4.91. The van der Waals surface area contributed by atoms with Gasteiger partial charge in [-0.1, -0.05) is 12.1 Å². The van der Waals surface area contributed by atoms with Gasteiger partial charge in [-0.15, -0.1) is 0 Å². The van der Waals surface area contributed by atoms with Gasteiger partial charge < -0.3 is 19.7 Å². The number of carbonyl (C=O) groups excluding carboxylic acids is 2. The third kappa shape index (κ3) is 4.88. The van der Waals surface area contributed by atoms with Gasteiger partial charge in [0.15, 0.2) is 11.5 Å². The van der Waals surface area contributed by atoms with Crippen LogP contribution < -0.4 is 19.7 Å². The lowest BCUT2D eigenvalue weighted by molar-refractivity contribution is -0.117. The maximum atomic E-state index is 12.8. The van der Waals surface area contributed by atoms with Crippen LogP contribution in [0.5, 0.6) is 11.5 Å². The number of carbonyl (C=O) groups is 2. The van der Waals surface area contributed by atoms with E-state index in [1.807, 2.05) is 51.1 Å². The fourth-order valence-electron chi connectivity index (χ4n) is 3.44. The van der Waals surface area contributed by atoms with Crippen molar-refractivity contribution in [1.82, 2.24) is 5.32 Å². The zero-order valence-electron chi connectivity index (χ0n) is 17.2. The van der Waals surface area contributed by atoms with Crippen LogP contribution >= 0.6 is 0 Å². The molecule has 6 heteroatoms. The second-order valence-electron chi connectivity index (χ2n) is 6.97. The number of rotatable bonds is 8. The van der Waals surface area contributed by atoms with Crippen LogP contribution in [0.3, 0.4) is 0 Å².